The number of aromatic nitrogens is 2. The van der Waals surface area contributed by atoms with Crippen LogP contribution in [0.1, 0.15) is 22.5 Å². The van der Waals surface area contributed by atoms with E-state index >= 15 is 0 Å². The van der Waals surface area contributed by atoms with Gasteiger partial charge in [0, 0.05) is 45.6 Å². The fourth-order valence-electron chi connectivity index (χ4n) is 3.24. The van der Waals surface area contributed by atoms with Gasteiger partial charge in [0.25, 0.3) is 0 Å². The van der Waals surface area contributed by atoms with Crippen molar-refractivity contribution in [1.29, 1.82) is 0 Å². The number of halogens is 1. The molecule has 1 aromatic heterocycles. The zero-order chi connectivity index (χ0) is 20.8. The molecule has 0 fully saturated rings. The van der Waals surface area contributed by atoms with Gasteiger partial charge in [0.1, 0.15) is 0 Å². The van der Waals surface area contributed by atoms with Crippen LogP contribution in [0.5, 0.6) is 0 Å². The molecule has 30 heavy (non-hydrogen) atoms. The highest BCUT2D eigenvalue weighted by Gasteiger charge is 2.09. The Morgan fingerprint density at radius 2 is 1.67 bits per heavy atom. The maximum absolute atomic E-state index is 4.62. The molecule has 0 atom stereocenters. The summed E-state index contributed by atoms with van der Waals surface area (Å²) >= 11 is 0. The van der Waals surface area contributed by atoms with Crippen LogP contribution in [-0.2, 0) is 13.1 Å². The van der Waals surface area contributed by atoms with Crippen LogP contribution >= 0.6 is 24.0 Å². The van der Waals surface area contributed by atoms with Crippen LogP contribution in [0.2, 0.25) is 0 Å². The molecule has 0 aliphatic carbocycles. The van der Waals surface area contributed by atoms with Crippen molar-refractivity contribution in [3.05, 3.63) is 77.1 Å². The molecule has 0 amide bonds. The van der Waals surface area contributed by atoms with Crippen LogP contribution in [0.4, 0.5) is 5.69 Å². The van der Waals surface area contributed by atoms with E-state index in [1.807, 2.05) is 31.8 Å². The monoisotopic (exact) mass is 518 g/mol. The van der Waals surface area contributed by atoms with Crippen molar-refractivity contribution >= 4 is 35.6 Å². The van der Waals surface area contributed by atoms with E-state index in [9.17, 15) is 0 Å². The minimum Gasteiger partial charge on any atom is -0.378 e. The number of aryl methyl sites for hydroxylation is 2. The summed E-state index contributed by atoms with van der Waals surface area (Å²) in [5.41, 5.74) is 6.79. The minimum absolute atomic E-state index is 0. The number of aliphatic imine (C=N–C) groups is 1. The lowest BCUT2D eigenvalue weighted by atomic mass is 10.1. The molecule has 0 unspecified atom stereocenters. The van der Waals surface area contributed by atoms with Gasteiger partial charge in [-0.15, -0.1) is 24.0 Å². The predicted molar refractivity (Wildman–Crippen MR) is 136 cm³/mol. The first kappa shape index (κ1) is 23.7. The lowest BCUT2D eigenvalue weighted by Gasteiger charge is -2.16. The van der Waals surface area contributed by atoms with Crippen molar-refractivity contribution in [3.8, 4) is 5.69 Å². The molecular formula is C23H31IN6. The van der Waals surface area contributed by atoms with Crippen LogP contribution in [0.15, 0.2) is 59.6 Å². The lowest BCUT2D eigenvalue weighted by molar-refractivity contribution is 0.781. The van der Waals surface area contributed by atoms with E-state index in [0.717, 1.165) is 28.6 Å². The Balaban J connectivity index is 0.00000320. The number of rotatable bonds is 6. The highest BCUT2D eigenvalue weighted by molar-refractivity contribution is 14.0. The number of nitrogens with zero attached hydrogens (tertiary/aromatic N) is 4. The molecule has 0 aliphatic rings. The van der Waals surface area contributed by atoms with E-state index < -0.39 is 0 Å². The summed E-state index contributed by atoms with van der Waals surface area (Å²) in [5, 5.41) is 11.4. The van der Waals surface area contributed by atoms with Crippen LogP contribution < -0.4 is 15.5 Å². The summed E-state index contributed by atoms with van der Waals surface area (Å²) < 4.78 is 1.99. The van der Waals surface area contributed by atoms with Gasteiger partial charge < -0.3 is 15.5 Å². The molecule has 0 spiro atoms. The molecule has 0 radical (unpaired) electrons. The van der Waals surface area contributed by atoms with E-state index in [1.165, 1.54) is 11.3 Å². The first-order valence-electron chi connectivity index (χ1n) is 9.80. The first-order valence-corrected chi connectivity index (χ1v) is 9.80. The van der Waals surface area contributed by atoms with Gasteiger partial charge in [0.2, 0.25) is 0 Å². The summed E-state index contributed by atoms with van der Waals surface area (Å²) in [6.07, 6.45) is 0. The number of hydrogen-bond donors (Lipinski definition) is 2. The molecule has 7 heteroatoms. The molecular weight excluding hydrogens is 487 g/mol. The van der Waals surface area contributed by atoms with Gasteiger partial charge >= 0.3 is 0 Å². The number of guanidine groups is 1. The average molecular weight is 518 g/mol. The van der Waals surface area contributed by atoms with Crippen LogP contribution in [-0.4, -0.2) is 36.9 Å². The second-order valence-electron chi connectivity index (χ2n) is 7.31. The zero-order valence-electron chi connectivity index (χ0n) is 18.3. The SMILES string of the molecule is CN=C(NCc1ccc(N(C)C)cc1)NCc1ccccc1-n1nc(C)cc1C.I. The zero-order valence-corrected chi connectivity index (χ0v) is 20.6. The summed E-state index contributed by atoms with van der Waals surface area (Å²) in [6, 6.07) is 18.9. The Hall–Kier alpha value is -2.55. The third-order valence-corrected chi connectivity index (χ3v) is 4.81. The Morgan fingerprint density at radius 3 is 2.27 bits per heavy atom. The number of benzene rings is 2. The number of anilines is 1. The minimum atomic E-state index is 0. The van der Waals surface area contributed by atoms with Crippen LogP contribution in [0.25, 0.3) is 5.69 Å². The van der Waals surface area contributed by atoms with E-state index in [4.69, 9.17) is 0 Å². The predicted octanol–water partition coefficient (Wildman–Crippen LogP) is 4.04. The van der Waals surface area contributed by atoms with Gasteiger partial charge in [-0.2, -0.15) is 5.10 Å². The van der Waals surface area contributed by atoms with Crippen LogP contribution in [0, 0.1) is 13.8 Å². The molecule has 3 aromatic rings. The standard InChI is InChI=1S/C23H30N6.HI/c1-17-14-18(2)29(27-17)22-9-7-6-8-20(22)16-26-23(24-3)25-15-19-10-12-21(13-11-19)28(4)5;/h6-14H,15-16H2,1-5H3,(H2,24,25,26);1H. The van der Waals surface area contributed by atoms with Crippen LogP contribution in [0.3, 0.4) is 0 Å². The summed E-state index contributed by atoms with van der Waals surface area (Å²) in [4.78, 5) is 6.45. The topological polar surface area (TPSA) is 57.5 Å². The summed E-state index contributed by atoms with van der Waals surface area (Å²) in [6.45, 7) is 5.47. The molecule has 6 nitrogen and oxygen atoms in total. The van der Waals surface area contributed by atoms with E-state index in [0.29, 0.717) is 13.1 Å². The van der Waals surface area contributed by atoms with Crippen molar-refractivity contribution in [2.24, 2.45) is 4.99 Å². The summed E-state index contributed by atoms with van der Waals surface area (Å²) in [7, 11) is 5.88. The van der Waals surface area contributed by atoms with Gasteiger partial charge in [0.15, 0.2) is 5.96 Å². The smallest absolute Gasteiger partial charge is 0.191 e. The largest absolute Gasteiger partial charge is 0.378 e. The maximum Gasteiger partial charge on any atom is 0.191 e. The Labute approximate surface area is 196 Å². The summed E-state index contributed by atoms with van der Waals surface area (Å²) in [5.74, 6) is 0.768. The molecule has 0 aliphatic heterocycles. The van der Waals surface area contributed by atoms with Crippen molar-refractivity contribution in [2.75, 3.05) is 26.0 Å². The molecule has 1 heterocycles. The Kier molecular flexibility index (Phi) is 8.71. The van der Waals surface area contributed by atoms with Gasteiger partial charge in [-0.1, -0.05) is 30.3 Å². The second kappa shape index (κ2) is 11.0. The molecule has 2 N–H and O–H groups in total. The van der Waals surface area contributed by atoms with Gasteiger partial charge in [-0.05, 0) is 49.2 Å². The number of para-hydroxylation sites is 1. The first-order chi connectivity index (χ1) is 14.0. The highest BCUT2D eigenvalue weighted by Crippen LogP contribution is 2.17. The second-order valence-corrected chi connectivity index (χ2v) is 7.31. The third-order valence-electron chi connectivity index (χ3n) is 4.81. The van der Waals surface area contributed by atoms with Gasteiger partial charge in [-0.25, -0.2) is 4.68 Å². The van der Waals surface area contributed by atoms with Gasteiger partial charge in [0.05, 0.1) is 11.4 Å². The van der Waals surface area contributed by atoms with Crippen molar-refractivity contribution in [1.82, 2.24) is 20.4 Å². The van der Waals surface area contributed by atoms with Crippen molar-refractivity contribution in [2.45, 2.75) is 26.9 Å². The molecule has 3 rings (SSSR count). The average Bonchev–Trinajstić information content (AvgIpc) is 3.06. The van der Waals surface area contributed by atoms with Crippen molar-refractivity contribution < 1.29 is 0 Å². The molecule has 0 saturated heterocycles. The Bertz CT molecular complexity index is 976. The highest BCUT2D eigenvalue weighted by atomic mass is 127. The maximum atomic E-state index is 4.62. The lowest BCUT2D eigenvalue weighted by Crippen LogP contribution is -2.36. The fraction of sp³-hybridized carbons (Fsp3) is 0.304. The fourth-order valence-corrected chi connectivity index (χ4v) is 3.24. The third kappa shape index (κ3) is 5.98. The van der Waals surface area contributed by atoms with Crippen molar-refractivity contribution in [3.63, 3.8) is 0 Å². The quantitative estimate of drug-likeness (QED) is 0.294. The molecule has 0 saturated carbocycles. The van der Waals surface area contributed by atoms with E-state index in [-0.39, 0.29) is 24.0 Å². The normalized spacial score (nSPS) is 11.0. The van der Waals surface area contributed by atoms with E-state index in [1.54, 1.807) is 7.05 Å². The molecule has 2 aromatic carbocycles. The molecule has 160 valence electrons. The van der Waals surface area contributed by atoms with Gasteiger partial charge in [-0.3, -0.25) is 4.99 Å². The van der Waals surface area contributed by atoms with E-state index in [2.05, 4.69) is 81.1 Å². The number of hydrogen-bond acceptors (Lipinski definition) is 3. The molecule has 0 bridgehead atoms. The number of nitrogens with one attached hydrogen (secondary N) is 2. The Morgan fingerprint density at radius 1 is 1.00 bits per heavy atom.